The summed E-state index contributed by atoms with van der Waals surface area (Å²) in [6.07, 6.45) is -3.15. The second kappa shape index (κ2) is 9.01. The lowest BCUT2D eigenvalue weighted by molar-refractivity contribution is -0.0214. The Kier molecular flexibility index (Phi) is 6.41. The van der Waals surface area contributed by atoms with Crippen molar-refractivity contribution in [1.29, 1.82) is 5.26 Å². The third kappa shape index (κ3) is 4.59. The fourth-order valence-electron chi connectivity index (χ4n) is 3.26. The molecular weight excluding hydrogens is 415 g/mol. The largest absolute Gasteiger partial charge is 0.460 e. The number of amides is 1. The normalized spacial score (nSPS) is 20.5. The molecule has 1 unspecified atom stereocenters. The van der Waals surface area contributed by atoms with Gasteiger partial charge in [-0.15, -0.1) is 0 Å². The van der Waals surface area contributed by atoms with Crippen LogP contribution >= 0.6 is 0 Å². The van der Waals surface area contributed by atoms with Gasteiger partial charge >= 0.3 is 0 Å². The summed E-state index contributed by atoms with van der Waals surface area (Å²) in [5.41, 5.74) is 3.13. The Labute approximate surface area is 175 Å². The molecule has 8 nitrogen and oxygen atoms in total. The molecule has 0 aliphatic carbocycles. The van der Waals surface area contributed by atoms with Gasteiger partial charge in [-0.25, -0.2) is 23.1 Å². The number of benzene rings is 1. The van der Waals surface area contributed by atoms with Crippen LogP contribution in [0.1, 0.15) is 28.0 Å². The van der Waals surface area contributed by atoms with Crippen molar-refractivity contribution in [3.05, 3.63) is 59.2 Å². The first-order chi connectivity index (χ1) is 14.8. The lowest BCUT2D eigenvalue weighted by atomic mass is 9.84. The van der Waals surface area contributed by atoms with Crippen molar-refractivity contribution in [3.63, 3.8) is 0 Å². The molecule has 3 N–H and O–H groups in total. The minimum atomic E-state index is -3.12. The van der Waals surface area contributed by atoms with Crippen molar-refractivity contribution >= 4 is 17.6 Å². The Balaban J connectivity index is 1.95. The number of carbonyl (C=O) groups is 1. The number of aliphatic imine (C=N–C) groups is 1. The number of halogens is 3. The fourth-order valence-corrected chi connectivity index (χ4v) is 3.26. The highest BCUT2D eigenvalue weighted by Gasteiger charge is 2.49. The number of nitrogens with zero attached hydrogens (tertiary/aromatic N) is 3. The van der Waals surface area contributed by atoms with Crippen LogP contribution in [0.4, 0.5) is 18.9 Å². The number of ether oxygens (including phenoxy) is 2. The first-order valence-electron chi connectivity index (χ1n) is 9.05. The van der Waals surface area contributed by atoms with Crippen molar-refractivity contribution in [3.8, 4) is 6.07 Å². The quantitative estimate of drug-likeness (QED) is 0.722. The molecule has 0 radical (unpaired) electrons. The highest BCUT2D eigenvalue weighted by atomic mass is 19.3. The summed E-state index contributed by atoms with van der Waals surface area (Å²) >= 11 is 0. The monoisotopic (exact) mass is 433 g/mol. The summed E-state index contributed by atoms with van der Waals surface area (Å²) in [6.45, 7) is -0.0485. The summed E-state index contributed by atoms with van der Waals surface area (Å²) in [6, 6.07) is 7.35. The molecule has 0 spiro atoms. The smallest absolute Gasteiger partial charge is 0.283 e. The van der Waals surface area contributed by atoms with Gasteiger partial charge in [-0.05, 0) is 30.3 Å². The number of alkyl halides is 2. The van der Waals surface area contributed by atoms with Crippen LogP contribution in [0.2, 0.25) is 0 Å². The summed E-state index contributed by atoms with van der Waals surface area (Å²) in [4.78, 5) is 20.0. The van der Waals surface area contributed by atoms with Crippen LogP contribution in [-0.4, -0.2) is 43.2 Å². The molecule has 3 rings (SSSR count). The van der Waals surface area contributed by atoms with Crippen LogP contribution < -0.4 is 11.1 Å². The molecule has 1 aliphatic rings. The van der Waals surface area contributed by atoms with E-state index in [4.69, 9.17) is 20.5 Å². The van der Waals surface area contributed by atoms with E-state index in [1.54, 1.807) is 0 Å². The molecule has 0 saturated carbocycles. The first kappa shape index (κ1) is 22.0. The second-order valence-electron chi connectivity index (χ2n) is 6.77. The number of amidine groups is 1. The van der Waals surface area contributed by atoms with Crippen LogP contribution in [0.3, 0.4) is 0 Å². The average Bonchev–Trinajstić information content (AvgIpc) is 2.74. The predicted molar refractivity (Wildman–Crippen MR) is 104 cm³/mol. The van der Waals surface area contributed by atoms with Crippen molar-refractivity contribution < 1.29 is 27.4 Å². The van der Waals surface area contributed by atoms with Gasteiger partial charge in [0.05, 0.1) is 12.2 Å². The van der Waals surface area contributed by atoms with Crippen LogP contribution in [0, 0.1) is 17.1 Å². The van der Waals surface area contributed by atoms with Crippen molar-refractivity contribution in [1.82, 2.24) is 4.98 Å². The van der Waals surface area contributed by atoms with E-state index in [0.29, 0.717) is 0 Å². The Morgan fingerprint density at radius 3 is 2.84 bits per heavy atom. The van der Waals surface area contributed by atoms with E-state index in [2.05, 4.69) is 15.3 Å². The van der Waals surface area contributed by atoms with Gasteiger partial charge in [0, 0.05) is 31.0 Å². The van der Waals surface area contributed by atoms with Gasteiger partial charge in [-0.3, -0.25) is 4.79 Å². The molecule has 0 fully saturated rings. The number of hydrogen-bond donors (Lipinski definition) is 2. The third-order valence-corrected chi connectivity index (χ3v) is 4.67. The van der Waals surface area contributed by atoms with Gasteiger partial charge in [-0.1, -0.05) is 0 Å². The molecule has 31 heavy (non-hydrogen) atoms. The Morgan fingerprint density at radius 2 is 2.23 bits per heavy atom. The molecule has 0 saturated heterocycles. The zero-order chi connectivity index (χ0) is 22.6. The maximum atomic E-state index is 14.7. The van der Waals surface area contributed by atoms with Gasteiger partial charge in [0.25, 0.3) is 18.4 Å². The fraction of sp³-hybridized carbons (Fsp3) is 0.300. The van der Waals surface area contributed by atoms with Gasteiger partial charge in [0.2, 0.25) is 0 Å². The van der Waals surface area contributed by atoms with E-state index in [1.807, 2.05) is 6.07 Å². The Bertz CT molecular complexity index is 1040. The summed E-state index contributed by atoms with van der Waals surface area (Å²) in [5, 5.41) is 11.3. The molecule has 1 amide bonds. The van der Waals surface area contributed by atoms with Crippen molar-refractivity contribution in [2.45, 2.75) is 24.5 Å². The average molecular weight is 433 g/mol. The van der Waals surface area contributed by atoms with Crippen LogP contribution in [0.25, 0.3) is 0 Å². The number of anilines is 1. The van der Waals surface area contributed by atoms with Crippen LogP contribution in [0.5, 0.6) is 0 Å². The molecule has 1 aromatic carbocycles. The summed E-state index contributed by atoms with van der Waals surface area (Å²) in [5.74, 6) is -1.61. The minimum absolute atomic E-state index is 0.0121. The standard InChI is InChI=1S/C20H18F3N5O3/c1-30-10-13-7-20(18(22)23,28-19(25)31-13)14-6-12(3-4-15(14)21)27-17(29)16-5-2-11(8-24)9-26-16/h2-6,9,13,18H,7,10H2,1H3,(H2,25,28)(H,27,29)/t13?,20-/m0/s1. The molecule has 1 aliphatic heterocycles. The molecule has 2 aromatic rings. The number of hydrogen-bond acceptors (Lipinski definition) is 7. The highest BCUT2D eigenvalue weighted by molar-refractivity contribution is 6.02. The number of aromatic nitrogens is 1. The second-order valence-corrected chi connectivity index (χ2v) is 6.77. The van der Waals surface area contributed by atoms with Crippen molar-refractivity contribution in [2.75, 3.05) is 19.0 Å². The summed E-state index contributed by atoms with van der Waals surface area (Å²) in [7, 11) is 1.36. The van der Waals surface area contributed by atoms with E-state index >= 15 is 0 Å². The molecule has 0 bridgehead atoms. The number of nitrogens with one attached hydrogen (secondary N) is 1. The highest BCUT2D eigenvalue weighted by Crippen LogP contribution is 2.42. The van der Waals surface area contributed by atoms with E-state index < -0.39 is 41.4 Å². The number of rotatable bonds is 6. The van der Waals surface area contributed by atoms with Crippen molar-refractivity contribution in [2.24, 2.45) is 10.7 Å². The maximum absolute atomic E-state index is 14.7. The molecular formula is C20H18F3N5O3. The maximum Gasteiger partial charge on any atom is 0.283 e. The first-order valence-corrected chi connectivity index (χ1v) is 9.05. The van der Waals surface area contributed by atoms with Crippen LogP contribution in [0.15, 0.2) is 41.5 Å². The van der Waals surface area contributed by atoms with E-state index in [0.717, 1.165) is 12.1 Å². The third-order valence-electron chi connectivity index (χ3n) is 4.67. The predicted octanol–water partition coefficient (Wildman–Crippen LogP) is 2.56. The zero-order valence-corrected chi connectivity index (χ0v) is 16.3. The topological polar surface area (TPSA) is 123 Å². The molecule has 1 aromatic heterocycles. The number of nitrogens with two attached hydrogens (primary N) is 1. The Morgan fingerprint density at radius 1 is 1.45 bits per heavy atom. The lowest BCUT2D eigenvalue weighted by Crippen LogP contribution is -2.46. The molecule has 2 atom stereocenters. The SMILES string of the molecule is COCC1C[C@](c2cc(NC(=O)c3ccc(C#N)cn3)ccc2F)(C(F)F)N=C(N)O1. The van der Waals surface area contributed by atoms with Gasteiger partial charge in [0.15, 0.2) is 5.54 Å². The van der Waals surface area contributed by atoms with Gasteiger partial charge in [-0.2, -0.15) is 5.26 Å². The number of nitriles is 1. The van der Waals surface area contributed by atoms with Gasteiger partial charge in [0.1, 0.15) is 23.7 Å². The lowest BCUT2D eigenvalue weighted by Gasteiger charge is -2.37. The molecule has 162 valence electrons. The minimum Gasteiger partial charge on any atom is -0.460 e. The number of pyridine rings is 1. The zero-order valence-electron chi connectivity index (χ0n) is 16.3. The van der Waals surface area contributed by atoms with E-state index in [1.165, 1.54) is 31.5 Å². The molecule has 11 heteroatoms. The van der Waals surface area contributed by atoms with E-state index in [9.17, 15) is 18.0 Å². The summed E-state index contributed by atoms with van der Waals surface area (Å²) < 4.78 is 53.3. The molecule has 2 heterocycles. The van der Waals surface area contributed by atoms with E-state index in [-0.39, 0.29) is 30.0 Å². The Hall–Kier alpha value is -3.65. The van der Waals surface area contributed by atoms with Gasteiger partial charge < -0.3 is 20.5 Å². The number of methoxy groups -OCH3 is 1. The number of carbonyl (C=O) groups excluding carboxylic acids is 1. The van der Waals surface area contributed by atoms with Crippen LogP contribution in [-0.2, 0) is 15.0 Å².